The van der Waals surface area contributed by atoms with E-state index in [2.05, 4.69) is 42.1 Å². The molecule has 0 atom stereocenters. The van der Waals surface area contributed by atoms with Crippen molar-refractivity contribution in [3.8, 4) is 11.4 Å². The fourth-order valence-corrected chi connectivity index (χ4v) is 3.21. The Morgan fingerprint density at radius 3 is 2.71 bits per heavy atom. The van der Waals surface area contributed by atoms with E-state index in [-0.39, 0.29) is 0 Å². The summed E-state index contributed by atoms with van der Waals surface area (Å²) in [5, 5.41) is 8.31. The molecule has 0 unspecified atom stereocenters. The highest BCUT2D eigenvalue weighted by Crippen LogP contribution is 2.30. The summed E-state index contributed by atoms with van der Waals surface area (Å²) in [5.41, 5.74) is 1.99. The van der Waals surface area contributed by atoms with Crippen molar-refractivity contribution in [2.75, 3.05) is 7.11 Å². The van der Waals surface area contributed by atoms with Gasteiger partial charge in [0, 0.05) is 20.7 Å². The molecule has 0 fully saturated rings. The summed E-state index contributed by atoms with van der Waals surface area (Å²) in [6, 6.07) is 9.17. The molecule has 3 aromatic rings. The molecular formula is C14H9Br2N3O2. The van der Waals surface area contributed by atoms with Crippen LogP contribution >= 0.6 is 31.9 Å². The quantitative estimate of drug-likeness (QED) is 0.604. The molecule has 0 saturated heterocycles. The smallest absolute Gasteiger partial charge is 0.339 e. The number of methoxy groups -OCH3 is 1. The summed E-state index contributed by atoms with van der Waals surface area (Å²) in [6.45, 7) is 0. The number of pyridine rings is 1. The maximum Gasteiger partial charge on any atom is 0.339 e. The van der Waals surface area contributed by atoms with Crippen LogP contribution in [-0.4, -0.2) is 27.7 Å². The average Bonchev–Trinajstić information content (AvgIpc) is 2.89. The lowest BCUT2D eigenvalue weighted by molar-refractivity contribution is 0.0600. The summed E-state index contributed by atoms with van der Waals surface area (Å²) in [4.78, 5) is 11.6. The van der Waals surface area contributed by atoms with Gasteiger partial charge in [-0.15, -0.1) is 10.2 Å². The first-order valence-corrected chi connectivity index (χ1v) is 7.57. The molecule has 0 aliphatic rings. The van der Waals surface area contributed by atoms with Crippen molar-refractivity contribution in [3.05, 3.63) is 51.0 Å². The Kier molecular flexibility index (Phi) is 3.77. The number of rotatable bonds is 2. The maximum absolute atomic E-state index is 11.6. The molecule has 1 aromatic carbocycles. The van der Waals surface area contributed by atoms with Gasteiger partial charge in [-0.25, -0.2) is 4.79 Å². The van der Waals surface area contributed by atoms with Gasteiger partial charge in [-0.2, -0.15) is 0 Å². The molecule has 0 radical (unpaired) electrons. The summed E-state index contributed by atoms with van der Waals surface area (Å²) in [6.07, 6.45) is 1.67. The molecule has 7 heteroatoms. The van der Waals surface area contributed by atoms with Gasteiger partial charge in [-0.05, 0) is 46.3 Å². The molecule has 2 aromatic heterocycles. The first kappa shape index (κ1) is 14.2. The van der Waals surface area contributed by atoms with Crippen LogP contribution in [0.25, 0.3) is 17.0 Å². The molecule has 106 valence electrons. The van der Waals surface area contributed by atoms with Crippen LogP contribution in [0.5, 0.6) is 0 Å². The Labute approximate surface area is 137 Å². The lowest BCUT2D eigenvalue weighted by Crippen LogP contribution is -2.03. The van der Waals surface area contributed by atoms with Crippen LogP contribution in [0.4, 0.5) is 0 Å². The number of carbonyl (C=O) groups is 1. The van der Waals surface area contributed by atoms with E-state index in [1.54, 1.807) is 22.7 Å². The van der Waals surface area contributed by atoms with Crippen molar-refractivity contribution in [2.45, 2.75) is 0 Å². The zero-order chi connectivity index (χ0) is 15.0. The second kappa shape index (κ2) is 5.57. The van der Waals surface area contributed by atoms with Crippen molar-refractivity contribution in [1.29, 1.82) is 0 Å². The van der Waals surface area contributed by atoms with Crippen LogP contribution in [0.2, 0.25) is 0 Å². The average molecular weight is 411 g/mol. The summed E-state index contributed by atoms with van der Waals surface area (Å²) < 4.78 is 8.35. The predicted octanol–water partition coefficient (Wildman–Crippen LogP) is 3.71. The Morgan fingerprint density at radius 2 is 2.00 bits per heavy atom. The molecular weight excluding hydrogens is 402 g/mol. The van der Waals surface area contributed by atoms with E-state index < -0.39 is 5.97 Å². The van der Waals surface area contributed by atoms with E-state index in [1.807, 2.05) is 18.2 Å². The van der Waals surface area contributed by atoms with Gasteiger partial charge < -0.3 is 4.74 Å². The van der Waals surface area contributed by atoms with Crippen LogP contribution in [0.1, 0.15) is 10.4 Å². The molecule has 0 aliphatic carbocycles. The molecule has 5 nitrogen and oxygen atoms in total. The van der Waals surface area contributed by atoms with Crippen LogP contribution in [-0.2, 0) is 4.74 Å². The number of esters is 1. The number of benzene rings is 1. The number of fused-ring (bicyclic) bond motifs is 1. The van der Waals surface area contributed by atoms with Gasteiger partial charge in [-0.3, -0.25) is 4.40 Å². The lowest BCUT2D eigenvalue weighted by atomic mass is 10.2. The fourth-order valence-electron chi connectivity index (χ4n) is 1.98. The van der Waals surface area contributed by atoms with E-state index in [9.17, 15) is 4.79 Å². The van der Waals surface area contributed by atoms with E-state index in [1.165, 1.54) is 7.11 Å². The van der Waals surface area contributed by atoms with Gasteiger partial charge in [-0.1, -0.05) is 15.9 Å². The van der Waals surface area contributed by atoms with Gasteiger partial charge in [0.25, 0.3) is 0 Å². The molecule has 0 amide bonds. The monoisotopic (exact) mass is 409 g/mol. The highest BCUT2D eigenvalue weighted by molar-refractivity contribution is 9.11. The van der Waals surface area contributed by atoms with E-state index in [4.69, 9.17) is 4.74 Å². The van der Waals surface area contributed by atoms with Crippen LogP contribution in [0.3, 0.4) is 0 Å². The second-order valence-electron chi connectivity index (χ2n) is 4.29. The molecule has 0 spiro atoms. The van der Waals surface area contributed by atoms with Crippen LogP contribution in [0, 0.1) is 0 Å². The van der Waals surface area contributed by atoms with Gasteiger partial charge in [0.05, 0.1) is 12.7 Å². The van der Waals surface area contributed by atoms with Crippen molar-refractivity contribution >= 4 is 43.5 Å². The Hall–Kier alpha value is -1.73. The van der Waals surface area contributed by atoms with Gasteiger partial charge in [0.1, 0.15) is 0 Å². The van der Waals surface area contributed by atoms with E-state index in [0.29, 0.717) is 17.0 Å². The number of nitrogens with zero attached hydrogens (tertiary/aromatic N) is 3. The number of halogens is 2. The van der Waals surface area contributed by atoms with Gasteiger partial charge in [0.2, 0.25) is 0 Å². The standard InChI is InChI=1S/C14H9Br2N3O2/c1-21-14(20)8-2-5-12-17-18-13(19(12)7-8)10-4-3-9(15)6-11(10)16/h2-7H,1H3. The fraction of sp³-hybridized carbons (Fsp3) is 0.0714. The number of carbonyl (C=O) groups excluding carboxylic acids is 1. The molecule has 21 heavy (non-hydrogen) atoms. The molecule has 3 rings (SSSR count). The van der Waals surface area contributed by atoms with Crippen molar-refractivity contribution < 1.29 is 9.53 Å². The first-order valence-electron chi connectivity index (χ1n) is 5.98. The Balaban J connectivity index is 2.20. The summed E-state index contributed by atoms with van der Waals surface area (Å²) in [7, 11) is 1.35. The lowest BCUT2D eigenvalue weighted by Gasteiger charge is -2.05. The van der Waals surface area contributed by atoms with Crippen LogP contribution < -0.4 is 0 Å². The van der Waals surface area contributed by atoms with E-state index >= 15 is 0 Å². The number of hydrogen-bond acceptors (Lipinski definition) is 4. The topological polar surface area (TPSA) is 56.5 Å². The predicted molar refractivity (Wildman–Crippen MR) is 85.2 cm³/mol. The van der Waals surface area contributed by atoms with Gasteiger partial charge in [0.15, 0.2) is 11.5 Å². The highest BCUT2D eigenvalue weighted by Gasteiger charge is 2.14. The minimum Gasteiger partial charge on any atom is -0.465 e. The zero-order valence-corrected chi connectivity index (χ0v) is 14.1. The van der Waals surface area contributed by atoms with Crippen molar-refractivity contribution in [2.24, 2.45) is 0 Å². The minimum absolute atomic E-state index is 0.397. The number of aromatic nitrogens is 3. The molecule has 2 heterocycles. The first-order chi connectivity index (χ1) is 10.1. The van der Waals surface area contributed by atoms with Gasteiger partial charge >= 0.3 is 5.97 Å². The highest BCUT2D eigenvalue weighted by atomic mass is 79.9. The largest absolute Gasteiger partial charge is 0.465 e. The molecule has 0 bridgehead atoms. The number of ether oxygens (including phenoxy) is 1. The van der Waals surface area contributed by atoms with Crippen molar-refractivity contribution in [3.63, 3.8) is 0 Å². The number of hydrogen-bond donors (Lipinski definition) is 0. The Morgan fingerprint density at radius 1 is 1.19 bits per heavy atom. The molecule has 0 N–H and O–H groups in total. The summed E-state index contributed by atoms with van der Waals surface area (Å²) >= 11 is 6.93. The summed E-state index contributed by atoms with van der Waals surface area (Å²) in [5.74, 6) is 0.251. The van der Waals surface area contributed by atoms with Crippen molar-refractivity contribution in [1.82, 2.24) is 14.6 Å². The molecule has 0 aliphatic heterocycles. The zero-order valence-electron chi connectivity index (χ0n) is 10.9. The van der Waals surface area contributed by atoms with Crippen LogP contribution in [0.15, 0.2) is 45.5 Å². The maximum atomic E-state index is 11.6. The minimum atomic E-state index is -0.397. The van der Waals surface area contributed by atoms with E-state index in [0.717, 1.165) is 14.5 Å². The third-order valence-electron chi connectivity index (χ3n) is 3.00. The third-order valence-corrected chi connectivity index (χ3v) is 4.14. The normalized spacial score (nSPS) is 10.8. The SMILES string of the molecule is COC(=O)c1ccc2nnc(-c3ccc(Br)cc3Br)n2c1. The third kappa shape index (κ3) is 2.58. The Bertz CT molecular complexity index is 845. The second-order valence-corrected chi connectivity index (χ2v) is 6.06. The molecule has 0 saturated carbocycles.